The van der Waals surface area contributed by atoms with Crippen LogP contribution in [0.2, 0.25) is 0 Å². The largest absolute Gasteiger partial charge is 0.481 e. The zero-order valence-electron chi connectivity index (χ0n) is 20.3. The fraction of sp³-hybridized carbons (Fsp3) is 0.909. The molecule has 10 heteroatoms. The smallest absolute Gasteiger partial charge is 0.325 e. The van der Waals surface area contributed by atoms with Crippen LogP contribution in [0.5, 0.6) is 0 Å². The number of hydrogen-bond donors (Lipinski definition) is 3. The Morgan fingerprint density at radius 2 is 1.19 bits per heavy atom. The number of aliphatic carboxylic acids is 2. The average molecular weight is 491 g/mol. The Labute approximate surface area is 212 Å². The number of rotatable bonds is 20. The maximum atomic E-state index is 10.2. The van der Waals surface area contributed by atoms with Crippen LogP contribution >= 0.6 is 0 Å². The van der Waals surface area contributed by atoms with E-state index in [2.05, 4.69) is 13.8 Å². The van der Waals surface area contributed by atoms with Gasteiger partial charge >= 0.3 is 119 Å². The molecule has 2 atom stereocenters. The van der Waals surface area contributed by atoms with Crippen molar-refractivity contribution in [3.63, 3.8) is 0 Å². The Morgan fingerprint density at radius 3 is 1.44 bits per heavy atom. The van der Waals surface area contributed by atoms with E-state index in [0.717, 1.165) is 6.61 Å². The Kier molecular flexibility index (Phi) is 24.0. The second-order valence-corrected chi connectivity index (χ2v) is 11.7. The number of hydrogen-bond acceptors (Lipinski definition) is 5. The molecule has 0 aromatic heterocycles. The Bertz CT molecular complexity index is 566. The molecule has 0 amide bonds. The molecule has 0 heterocycles. The molecule has 0 aliphatic rings. The van der Waals surface area contributed by atoms with Gasteiger partial charge in [-0.15, -0.1) is 0 Å². The van der Waals surface area contributed by atoms with Crippen molar-refractivity contribution in [2.45, 2.75) is 119 Å². The van der Waals surface area contributed by atoms with Crippen LogP contribution in [0.4, 0.5) is 0 Å². The molecule has 8 nitrogen and oxygen atoms in total. The van der Waals surface area contributed by atoms with Gasteiger partial charge in [0.05, 0.1) is 6.42 Å². The van der Waals surface area contributed by atoms with Gasteiger partial charge in [0.1, 0.15) is 0 Å². The van der Waals surface area contributed by atoms with Crippen LogP contribution in [0.25, 0.3) is 0 Å². The molecule has 0 saturated carbocycles. The first-order valence-electron chi connectivity index (χ1n) is 12.0. The van der Waals surface area contributed by atoms with Gasteiger partial charge in [-0.25, -0.2) is 0 Å². The van der Waals surface area contributed by atoms with Gasteiger partial charge in [0, 0.05) is 0 Å². The molecule has 0 rings (SSSR count). The van der Waals surface area contributed by atoms with Crippen LogP contribution in [0.1, 0.15) is 110 Å². The third-order valence-electron chi connectivity index (χ3n) is 4.94. The molecule has 0 radical (unpaired) electrons. The summed E-state index contributed by atoms with van der Waals surface area (Å²) in [4.78, 5) is 20.0. The standard InChI is InChI=1S/C18H37O.C4H6O7S.Na/c1-3-5-6-7-8-9-10-11-12-13-14-15-16-17-18-19-4-2;5-3(6)1-2(4(7)8)12(9,10)11;/h4H,3,5-18H2,1-2H3;2H,1H2,(H,5,6)(H,7,8)(H,9,10,11);. The minimum atomic E-state index is -4.84. The molecule has 32 heavy (non-hydrogen) atoms. The van der Waals surface area contributed by atoms with Crippen molar-refractivity contribution < 1.29 is 37.5 Å². The van der Waals surface area contributed by atoms with Gasteiger partial charge in [-0.3, -0.25) is 14.1 Å². The van der Waals surface area contributed by atoms with Gasteiger partial charge < -0.3 is 10.2 Å². The summed E-state index contributed by atoms with van der Waals surface area (Å²) in [6.07, 6.45) is 18.8. The van der Waals surface area contributed by atoms with Gasteiger partial charge in [-0.1, -0.05) is 39.0 Å². The summed E-state index contributed by atoms with van der Waals surface area (Å²) in [7, 11) is -4.84. The Hall–Kier alpha value is -0.190. The van der Waals surface area contributed by atoms with Crippen LogP contribution in [0.3, 0.4) is 0 Å². The molecular weight excluding hydrogens is 447 g/mol. The van der Waals surface area contributed by atoms with Crippen molar-refractivity contribution in [2.24, 2.45) is 0 Å². The van der Waals surface area contributed by atoms with E-state index in [0.29, 0.717) is 3.35 Å². The van der Waals surface area contributed by atoms with Gasteiger partial charge in [0.15, 0.2) is 5.25 Å². The number of ether oxygens (including phenoxy) is 1. The minimum Gasteiger partial charge on any atom is -0.481 e. The predicted molar refractivity (Wildman–Crippen MR) is 127 cm³/mol. The van der Waals surface area contributed by atoms with Crippen LogP contribution in [-0.2, 0) is 24.4 Å². The van der Waals surface area contributed by atoms with E-state index in [1.807, 2.05) is 0 Å². The molecule has 0 bridgehead atoms. The average Bonchev–Trinajstić information content (AvgIpc) is 2.68. The summed E-state index contributed by atoms with van der Waals surface area (Å²) in [5, 5.41) is 13.9. The second-order valence-electron chi connectivity index (χ2n) is 8.46. The third kappa shape index (κ3) is 26.1. The van der Waals surface area contributed by atoms with Crippen LogP contribution in [0, 0.1) is 0 Å². The third-order valence-corrected chi connectivity index (χ3v) is 6.36. The molecule has 0 spiro atoms. The summed E-state index contributed by atoms with van der Waals surface area (Å²) >= 11 is 1.17. The van der Waals surface area contributed by atoms with E-state index in [1.165, 1.54) is 118 Å². The van der Waals surface area contributed by atoms with Crippen molar-refractivity contribution in [3.8, 4) is 0 Å². The molecule has 0 aliphatic carbocycles. The molecule has 3 N–H and O–H groups in total. The fourth-order valence-electron chi connectivity index (χ4n) is 3.09. The van der Waals surface area contributed by atoms with Crippen molar-refractivity contribution >= 4 is 50.0 Å². The van der Waals surface area contributed by atoms with Gasteiger partial charge in [-0.2, -0.15) is 8.42 Å². The number of carboxylic acid groups (broad SMARTS) is 2. The molecule has 0 fully saturated rings. The van der Waals surface area contributed by atoms with Crippen molar-refractivity contribution in [1.82, 2.24) is 0 Å². The summed E-state index contributed by atoms with van der Waals surface area (Å²) in [5.74, 6) is -3.50. The SMILES string of the molecule is CCCCCCCCCCCCCCCCO[CH](C)[Na].O=C(O)CC(C(=O)O)S(=O)(=O)O. The molecule has 0 aromatic rings. The first-order chi connectivity index (χ1) is 15.0. The molecule has 186 valence electrons. The molecule has 0 aliphatic heterocycles. The number of unbranched alkanes of at least 4 members (excludes halogenated alkanes) is 13. The summed E-state index contributed by atoms with van der Waals surface area (Å²) in [6, 6.07) is 0. The number of carboxylic acids is 2. The molecular formula is C22H43NaO8S. The van der Waals surface area contributed by atoms with E-state index in [-0.39, 0.29) is 0 Å². The number of carbonyl (C=O) groups is 2. The fourth-order valence-corrected chi connectivity index (χ4v) is 3.94. The summed E-state index contributed by atoms with van der Waals surface area (Å²) < 4.78 is 34.8. The Morgan fingerprint density at radius 1 is 0.812 bits per heavy atom. The normalized spacial score (nSPS) is 13.2. The topological polar surface area (TPSA) is 138 Å². The van der Waals surface area contributed by atoms with E-state index in [4.69, 9.17) is 19.5 Å². The van der Waals surface area contributed by atoms with E-state index >= 15 is 0 Å². The maximum Gasteiger partial charge on any atom is 0.325 e. The quantitative estimate of drug-likeness (QED) is 0.126. The molecule has 0 saturated heterocycles. The first-order valence-corrected chi connectivity index (χ1v) is 14.7. The Balaban J connectivity index is 0. The monoisotopic (exact) mass is 490 g/mol. The molecule has 2 unspecified atom stereocenters. The van der Waals surface area contributed by atoms with Crippen molar-refractivity contribution in [1.29, 1.82) is 0 Å². The summed E-state index contributed by atoms with van der Waals surface area (Å²) in [5.41, 5.74) is 0. The van der Waals surface area contributed by atoms with E-state index < -0.39 is 33.7 Å². The van der Waals surface area contributed by atoms with E-state index in [9.17, 15) is 18.0 Å². The van der Waals surface area contributed by atoms with Gasteiger partial charge in [0.2, 0.25) is 0 Å². The summed E-state index contributed by atoms with van der Waals surface area (Å²) in [6.45, 7) is 5.46. The second kappa shape index (κ2) is 22.6. The predicted octanol–water partition coefficient (Wildman–Crippen LogP) is 4.80. The first kappa shape index (κ1) is 34.0. The van der Waals surface area contributed by atoms with E-state index in [1.54, 1.807) is 0 Å². The zero-order valence-corrected chi connectivity index (χ0v) is 23.1. The van der Waals surface area contributed by atoms with Crippen molar-refractivity contribution in [3.05, 3.63) is 0 Å². The van der Waals surface area contributed by atoms with Gasteiger partial charge in [0.25, 0.3) is 10.1 Å². The molecule has 0 aromatic carbocycles. The zero-order chi connectivity index (χ0) is 24.8. The van der Waals surface area contributed by atoms with Gasteiger partial charge in [-0.05, 0) is 0 Å². The van der Waals surface area contributed by atoms with Crippen LogP contribution in [0.15, 0.2) is 0 Å². The van der Waals surface area contributed by atoms with Crippen LogP contribution < -0.4 is 0 Å². The van der Waals surface area contributed by atoms with Crippen molar-refractivity contribution in [2.75, 3.05) is 6.61 Å². The minimum absolute atomic E-state index is 0.539. The maximum absolute atomic E-state index is 10.2. The van der Waals surface area contributed by atoms with Crippen LogP contribution in [-0.4, -0.2) is 78.3 Å².